The fourth-order valence-corrected chi connectivity index (χ4v) is 1.68. The zero-order valence-corrected chi connectivity index (χ0v) is 13.7. The van der Waals surface area contributed by atoms with Gasteiger partial charge in [0, 0.05) is 17.1 Å². The summed E-state index contributed by atoms with van der Waals surface area (Å²) in [6.07, 6.45) is 2.07. The van der Waals surface area contributed by atoms with Crippen LogP contribution in [0.15, 0.2) is 54.9 Å². The maximum atomic E-state index is 4.03. The van der Waals surface area contributed by atoms with E-state index in [9.17, 15) is 0 Å². The first-order valence-electron chi connectivity index (χ1n) is 7.50. The van der Waals surface area contributed by atoms with Crippen molar-refractivity contribution < 1.29 is 0 Å². The molecule has 0 atom stereocenters. The van der Waals surface area contributed by atoms with Gasteiger partial charge in [-0.05, 0) is 25.0 Å². The summed E-state index contributed by atoms with van der Waals surface area (Å²) in [5.74, 6) is 0. The van der Waals surface area contributed by atoms with E-state index in [2.05, 4.69) is 30.2 Å². The summed E-state index contributed by atoms with van der Waals surface area (Å²) in [6, 6.07) is 10.3. The summed E-state index contributed by atoms with van der Waals surface area (Å²) in [5, 5.41) is 0. The minimum atomic E-state index is 1.04. The second kappa shape index (κ2) is 12.9. The molecule has 1 aliphatic heterocycles. The van der Waals surface area contributed by atoms with Gasteiger partial charge in [0.15, 0.2) is 0 Å². The van der Waals surface area contributed by atoms with E-state index >= 15 is 0 Å². The maximum Gasteiger partial charge on any atom is 0.0454 e. The third kappa shape index (κ3) is 6.28. The number of benzene rings is 1. The van der Waals surface area contributed by atoms with Crippen LogP contribution in [0.25, 0.3) is 0 Å². The Hall–Kier alpha value is -1.50. The lowest BCUT2D eigenvalue weighted by molar-refractivity contribution is 1.06. The standard InChI is InChI=1S/C12H13N.3C2H6/c1-10-8-9-11(2)13(10)12-6-4-3-5-7-12;3*1-2/h3-7H,1-2,8-9H2;3*1-2H3. The zero-order valence-electron chi connectivity index (χ0n) is 13.7. The van der Waals surface area contributed by atoms with Crippen LogP contribution in [0, 0.1) is 0 Å². The highest BCUT2D eigenvalue weighted by Crippen LogP contribution is 2.33. The molecule has 0 saturated carbocycles. The Morgan fingerprint density at radius 2 is 1.11 bits per heavy atom. The molecule has 0 radical (unpaired) electrons. The van der Waals surface area contributed by atoms with Gasteiger partial charge in [-0.1, -0.05) is 72.9 Å². The normalized spacial score (nSPS) is 12.4. The minimum absolute atomic E-state index is 1.04. The van der Waals surface area contributed by atoms with Crippen LogP contribution < -0.4 is 4.90 Å². The van der Waals surface area contributed by atoms with Crippen LogP contribution >= 0.6 is 0 Å². The smallest absolute Gasteiger partial charge is 0.0454 e. The van der Waals surface area contributed by atoms with Gasteiger partial charge in [-0.2, -0.15) is 0 Å². The van der Waals surface area contributed by atoms with Gasteiger partial charge in [0.25, 0.3) is 0 Å². The summed E-state index contributed by atoms with van der Waals surface area (Å²) in [6.45, 7) is 20.1. The molecule has 1 heterocycles. The molecule has 0 amide bonds. The summed E-state index contributed by atoms with van der Waals surface area (Å²) < 4.78 is 0. The SMILES string of the molecule is C=C1CCC(=C)N1c1ccccc1.CC.CC.CC. The second-order valence-corrected chi connectivity index (χ2v) is 3.30. The monoisotopic (exact) mass is 261 g/mol. The van der Waals surface area contributed by atoms with E-state index in [0.29, 0.717) is 0 Å². The molecule has 108 valence electrons. The molecule has 0 aliphatic carbocycles. The van der Waals surface area contributed by atoms with Crippen molar-refractivity contribution in [2.45, 2.75) is 54.4 Å². The number of nitrogens with zero attached hydrogens (tertiary/aromatic N) is 1. The van der Waals surface area contributed by atoms with Crippen LogP contribution in [-0.4, -0.2) is 0 Å². The first-order valence-corrected chi connectivity index (χ1v) is 7.50. The molecule has 1 heteroatoms. The largest absolute Gasteiger partial charge is 0.319 e. The number of rotatable bonds is 1. The van der Waals surface area contributed by atoms with Crippen molar-refractivity contribution in [3.8, 4) is 0 Å². The number of hydrogen-bond acceptors (Lipinski definition) is 1. The van der Waals surface area contributed by atoms with E-state index in [4.69, 9.17) is 0 Å². The fraction of sp³-hybridized carbons (Fsp3) is 0.444. The van der Waals surface area contributed by atoms with Crippen molar-refractivity contribution in [2.24, 2.45) is 0 Å². The van der Waals surface area contributed by atoms with Gasteiger partial charge >= 0.3 is 0 Å². The molecule has 0 unspecified atom stereocenters. The lowest BCUT2D eigenvalue weighted by Gasteiger charge is -2.20. The van der Waals surface area contributed by atoms with E-state index in [0.717, 1.165) is 24.2 Å². The van der Waals surface area contributed by atoms with Crippen LogP contribution in [0.2, 0.25) is 0 Å². The Morgan fingerprint density at radius 1 is 0.737 bits per heavy atom. The molecule has 1 saturated heterocycles. The molecule has 0 aromatic heterocycles. The van der Waals surface area contributed by atoms with Crippen LogP contribution in [0.3, 0.4) is 0 Å². The molecule has 0 spiro atoms. The number of allylic oxidation sites excluding steroid dienone is 2. The van der Waals surface area contributed by atoms with Crippen molar-refractivity contribution >= 4 is 5.69 Å². The Bertz CT molecular complexity index is 322. The molecule has 0 N–H and O–H groups in total. The van der Waals surface area contributed by atoms with E-state index in [1.807, 2.05) is 59.7 Å². The molecule has 1 aromatic carbocycles. The van der Waals surface area contributed by atoms with Crippen molar-refractivity contribution in [2.75, 3.05) is 4.90 Å². The summed E-state index contributed by atoms with van der Waals surface area (Å²) in [5.41, 5.74) is 3.47. The highest BCUT2D eigenvalue weighted by atomic mass is 15.2. The highest BCUT2D eigenvalue weighted by molar-refractivity contribution is 5.59. The van der Waals surface area contributed by atoms with Crippen molar-refractivity contribution in [1.82, 2.24) is 0 Å². The molecule has 2 rings (SSSR count). The predicted octanol–water partition coefficient (Wildman–Crippen LogP) is 6.39. The predicted molar refractivity (Wildman–Crippen MR) is 90.5 cm³/mol. The summed E-state index contributed by atoms with van der Waals surface area (Å²) >= 11 is 0. The maximum absolute atomic E-state index is 4.03. The van der Waals surface area contributed by atoms with Gasteiger partial charge in [-0.15, -0.1) is 0 Å². The number of para-hydroxylation sites is 1. The molecule has 1 nitrogen and oxygen atoms in total. The minimum Gasteiger partial charge on any atom is -0.319 e. The molecular formula is C18H31N. The topological polar surface area (TPSA) is 3.24 Å². The molecule has 1 aromatic rings. The Morgan fingerprint density at radius 3 is 1.47 bits per heavy atom. The fourth-order valence-electron chi connectivity index (χ4n) is 1.68. The Labute approximate surface area is 120 Å². The summed E-state index contributed by atoms with van der Waals surface area (Å²) in [4.78, 5) is 2.14. The van der Waals surface area contributed by atoms with Crippen LogP contribution in [0.4, 0.5) is 5.69 Å². The highest BCUT2D eigenvalue weighted by Gasteiger charge is 2.19. The third-order valence-electron chi connectivity index (χ3n) is 2.35. The lowest BCUT2D eigenvalue weighted by atomic mass is 10.3. The lowest BCUT2D eigenvalue weighted by Crippen LogP contribution is -2.12. The van der Waals surface area contributed by atoms with E-state index in [1.54, 1.807) is 0 Å². The van der Waals surface area contributed by atoms with Crippen LogP contribution in [0.5, 0.6) is 0 Å². The van der Waals surface area contributed by atoms with Gasteiger partial charge in [0.1, 0.15) is 0 Å². The number of hydrogen-bond donors (Lipinski definition) is 0. The van der Waals surface area contributed by atoms with Gasteiger partial charge in [-0.25, -0.2) is 0 Å². The molecule has 0 bridgehead atoms. The Kier molecular flexibility index (Phi) is 13.5. The molecule has 1 aliphatic rings. The van der Waals surface area contributed by atoms with E-state index in [-0.39, 0.29) is 0 Å². The van der Waals surface area contributed by atoms with Crippen LogP contribution in [0.1, 0.15) is 54.4 Å². The second-order valence-electron chi connectivity index (χ2n) is 3.30. The molecule has 19 heavy (non-hydrogen) atoms. The third-order valence-corrected chi connectivity index (χ3v) is 2.35. The summed E-state index contributed by atoms with van der Waals surface area (Å²) in [7, 11) is 0. The average Bonchev–Trinajstić information content (AvgIpc) is 2.85. The Balaban J connectivity index is 0. The molecular weight excluding hydrogens is 230 g/mol. The van der Waals surface area contributed by atoms with E-state index in [1.165, 1.54) is 5.69 Å². The van der Waals surface area contributed by atoms with Gasteiger partial charge in [0.2, 0.25) is 0 Å². The quantitative estimate of drug-likeness (QED) is 0.566. The first-order chi connectivity index (χ1) is 9.29. The van der Waals surface area contributed by atoms with Crippen molar-refractivity contribution in [3.63, 3.8) is 0 Å². The van der Waals surface area contributed by atoms with Gasteiger partial charge in [-0.3, -0.25) is 0 Å². The number of anilines is 1. The first kappa shape index (κ1) is 19.8. The van der Waals surface area contributed by atoms with Gasteiger partial charge in [0.05, 0.1) is 0 Å². The molecule has 1 fully saturated rings. The van der Waals surface area contributed by atoms with Crippen molar-refractivity contribution in [1.29, 1.82) is 0 Å². The zero-order chi connectivity index (χ0) is 15.3. The van der Waals surface area contributed by atoms with E-state index < -0.39 is 0 Å². The van der Waals surface area contributed by atoms with Crippen LogP contribution in [-0.2, 0) is 0 Å². The van der Waals surface area contributed by atoms with Gasteiger partial charge < -0.3 is 4.90 Å². The van der Waals surface area contributed by atoms with Crippen molar-refractivity contribution in [3.05, 3.63) is 54.9 Å². The average molecular weight is 261 g/mol.